The highest BCUT2D eigenvalue weighted by Gasteiger charge is 2.23. The predicted octanol–water partition coefficient (Wildman–Crippen LogP) is 15.4. The first kappa shape index (κ1) is 35.4. The summed E-state index contributed by atoms with van der Waals surface area (Å²) in [5.74, 6) is 0. The Morgan fingerprint density at radius 1 is 0.333 bits per heavy atom. The molecule has 0 amide bonds. The number of hydrogen-bond acceptors (Lipinski definition) is 2. The molecule has 8 rings (SSSR count). The second kappa shape index (κ2) is 13.1. The van der Waals surface area contributed by atoms with Crippen molar-refractivity contribution in [2.75, 3.05) is 9.80 Å². The summed E-state index contributed by atoms with van der Waals surface area (Å²) in [6.07, 6.45) is 0. The van der Waals surface area contributed by atoms with Crippen molar-refractivity contribution in [3.63, 3.8) is 0 Å². The number of anilines is 6. The van der Waals surface area contributed by atoms with E-state index in [1.807, 2.05) is 0 Å². The second-order valence-corrected chi connectivity index (χ2v) is 17.5. The molecule has 0 spiro atoms. The van der Waals surface area contributed by atoms with Gasteiger partial charge in [-0.2, -0.15) is 0 Å². The zero-order valence-electron chi connectivity index (χ0n) is 33.6. The van der Waals surface area contributed by atoms with Gasteiger partial charge in [0, 0.05) is 33.5 Å². The topological polar surface area (TPSA) is 6.48 Å². The Hall–Kier alpha value is -5.60. The number of nitrogens with zero attached hydrogens (tertiary/aromatic N) is 2. The molecule has 0 heterocycles. The van der Waals surface area contributed by atoms with E-state index in [0.717, 1.165) is 11.4 Å². The van der Waals surface area contributed by atoms with Crippen LogP contribution in [0, 0.1) is 27.7 Å². The smallest absolute Gasteiger partial charge is 0.0540 e. The fourth-order valence-electron chi connectivity index (χ4n) is 8.40. The van der Waals surface area contributed by atoms with Gasteiger partial charge in [0.2, 0.25) is 0 Å². The van der Waals surface area contributed by atoms with Crippen molar-refractivity contribution in [2.24, 2.45) is 0 Å². The minimum absolute atomic E-state index is 0.0770. The van der Waals surface area contributed by atoms with Gasteiger partial charge in [-0.15, -0.1) is 0 Å². The van der Waals surface area contributed by atoms with Crippen LogP contribution >= 0.6 is 0 Å². The van der Waals surface area contributed by atoms with Crippen molar-refractivity contribution in [1.82, 2.24) is 0 Å². The molecule has 0 bridgehead atoms. The Balaban J connectivity index is 1.38. The van der Waals surface area contributed by atoms with Crippen LogP contribution in [0.1, 0.15) is 74.9 Å². The molecule has 0 unspecified atom stereocenters. The standard InChI is InChI=1S/C52H52N2/c1-33-27-34(2)30-43(29-33)53(41-19-15-39(16-20-41)51(5,6)7)47-25-13-37-12-24-46-48(26-14-38-11-23-45(47)49(37)50(38)46)54(44-31-35(3)28-36(4)32-44)42-21-17-40(18-22-42)52(8,9)10/h11-32H,1-10H3. The number of benzene rings is 8. The van der Waals surface area contributed by atoms with Crippen molar-refractivity contribution >= 4 is 66.4 Å². The largest absolute Gasteiger partial charge is 0.310 e. The van der Waals surface area contributed by atoms with Gasteiger partial charge in [0.05, 0.1) is 11.4 Å². The fraction of sp³-hybridized carbons (Fsp3) is 0.231. The molecule has 0 atom stereocenters. The van der Waals surface area contributed by atoms with Crippen LogP contribution in [0.15, 0.2) is 133 Å². The summed E-state index contributed by atoms with van der Waals surface area (Å²) in [6.45, 7) is 22.5. The van der Waals surface area contributed by atoms with Crippen LogP contribution in [-0.4, -0.2) is 0 Å². The Bertz CT molecular complexity index is 2420. The average molecular weight is 705 g/mol. The van der Waals surface area contributed by atoms with Crippen LogP contribution in [0.4, 0.5) is 34.1 Å². The summed E-state index contributed by atoms with van der Waals surface area (Å²) in [4.78, 5) is 4.91. The SMILES string of the molecule is Cc1cc(C)cc(N(c2ccc(C(C)(C)C)cc2)c2ccc3ccc4c(N(c5ccc(C(C)(C)C)cc5)c5cc(C)cc(C)c5)ccc5ccc2c3c54)c1. The van der Waals surface area contributed by atoms with Gasteiger partial charge in [-0.3, -0.25) is 0 Å². The van der Waals surface area contributed by atoms with Crippen LogP contribution < -0.4 is 9.80 Å². The van der Waals surface area contributed by atoms with Crippen molar-refractivity contribution in [1.29, 1.82) is 0 Å². The number of rotatable bonds is 6. The van der Waals surface area contributed by atoms with Crippen LogP contribution in [0.25, 0.3) is 32.3 Å². The first-order chi connectivity index (χ1) is 25.7. The first-order valence-electron chi connectivity index (χ1n) is 19.3. The summed E-state index contributed by atoms with van der Waals surface area (Å²) in [6, 6.07) is 50.7. The summed E-state index contributed by atoms with van der Waals surface area (Å²) in [7, 11) is 0. The predicted molar refractivity (Wildman–Crippen MR) is 236 cm³/mol. The van der Waals surface area contributed by atoms with Gasteiger partial charge >= 0.3 is 0 Å². The van der Waals surface area contributed by atoms with Crippen molar-refractivity contribution in [2.45, 2.75) is 80.1 Å². The van der Waals surface area contributed by atoms with Crippen LogP contribution in [-0.2, 0) is 10.8 Å². The van der Waals surface area contributed by atoms with E-state index in [9.17, 15) is 0 Å². The number of hydrogen-bond donors (Lipinski definition) is 0. The molecule has 8 aromatic carbocycles. The Morgan fingerprint density at radius 2 is 0.648 bits per heavy atom. The molecule has 0 fully saturated rings. The molecule has 54 heavy (non-hydrogen) atoms. The molecule has 0 saturated heterocycles. The summed E-state index contributed by atoms with van der Waals surface area (Å²) in [5.41, 5.74) is 14.9. The van der Waals surface area contributed by atoms with E-state index in [4.69, 9.17) is 0 Å². The van der Waals surface area contributed by atoms with E-state index in [1.165, 1.54) is 88.4 Å². The molecule has 0 aliphatic carbocycles. The van der Waals surface area contributed by atoms with Crippen LogP contribution in [0.5, 0.6) is 0 Å². The lowest BCUT2D eigenvalue weighted by atomic mass is 9.87. The van der Waals surface area contributed by atoms with Crippen molar-refractivity contribution < 1.29 is 0 Å². The summed E-state index contributed by atoms with van der Waals surface area (Å²) >= 11 is 0. The molecule has 0 aliphatic rings. The van der Waals surface area contributed by atoms with Gasteiger partial charge in [-0.05, 0) is 154 Å². The molecule has 2 heteroatoms. The molecule has 270 valence electrons. The molecular formula is C52H52N2. The highest BCUT2D eigenvalue weighted by atomic mass is 15.1. The van der Waals surface area contributed by atoms with E-state index in [0.29, 0.717) is 0 Å². The maximum absolute atomic E-state index is 2.46. The average Bonchev–Trinajstić information content (AvgIpc) is 3.11. The Labute approximate surface area is 322 Å². The molecule has 0 saturated carbocycles. The van der Waals surface area contributed by atoms with E-state index in [1.54, 1.807) is 0 Å². The minimum Gasteiger partial charge on any atom is -0.310 e. The molecule has 0 N–H and O–H groups in total. The monoisotopic (exact) mass is 704 g/mol. The van der Waals surface area contributed by atoms with Gasteiger partial charge in [0.1, 0.15) is 0 Å². The maximum atomic E-state index is 2.46. The van der Waals surface area contributed by atoms with Gasteiger partial charge in [0.25, 0.3) is 0 Å². The third-order valence-electron chi connectivity index (χ3n) is 11.0. The highest BCUT2D eigenvalue weighted by Crippen LogP contribution is 2.48. The van der Waals surface area contributed by atoms with E-state index in [-0.39, 0.29) is 10.8 Å². The lowest BCUT2D eigenvalue weighted by molar-refractivity contribution is 0.590. The third-order valence-corrected chi connectivity index (χ3v) is 11.0. The zero-order chi connectivity index (χ0) is 38.1. The highest BCUT2D eigenvalue weighted by molar-refractivity contribution is 6.28. The Morgan fingerprint density at radius 3 is 0.963 bits per heavy atom. The minimum atomic E-state index is 0.0770. The Kier molecular flexibility index (Phi) is 8.57. The first-order valence-corrected chi connectivity index (χ1v) is 19.3. The lowest BCUT2D eigenvalue weighted by Crippen LogP contribution is -2.14. The number of aryl methyl sites for hydroxylation is 4. The van der Waals surface area contributed by atoms with Crippen LogP contribution in [0.2, 0.25) is 0 Å². The molecule has 8 aromatic rings. The zero-order valence-corrected chi connectivity index (χ0v) is 33.6. The second-order valence-electron chi connectivity index (χ2n) is 17.5. The van der Waals surface area contributed by atoms with Gasteiger partial charge in [0.15, 0.2) is 0 Å². The normalized spacial score (nSPS) is 12.3. The van der Waals surface area contributed by atoms with E-state index < -0.39 is 0 Å². The van der Waals surface area contributed by atoms with Crippen molar-refractivity contribution in [3.8, 4) is 0 Å². The molecule has 0 aliphatic heterocycles. The molecular weight excluding hydrogens is 653 g/mol. The van der Waals surface area contributed by atoms with Gasteiger partial charge in [-0.1, -0.05) is 114 Å². The van der Waals surface area contributed by atoms with Crippen LogP contribution in [0.3, 0.4) is 0 Å². The van der Waals surface area contributed by atoms with Crippen molar-refractivity contribution in [3.05, 3.63) is 167 Å². The van der Waals surface area contributed by atoms with Gasteiger partial charge < -0.3 is 9.80 Å². The molecule has 0 radical (unpaired) electrons. The van der Waals surface area contributed by atoms with Gasteiger partial charge in [-0.25, -0.2) is 0 Å². The maximum Gasteiger partial charge on any atom is 0.0540 e. The fourth-order valence-corrected chi connectivity index (χ4v) is 8.40. The van der Waals surface area contributed by atoms with E-state index >= 15 is 0 Å². The molecule has 0 aromatic heterocycles. The summed E-state index contributed by atoms with van der Waals surface area (Å²) < 4.78 is 0. The summed E-state index contributed by atoms with van der Waals surface area (Å²) in [5, 5.41) is 7.59. The van der Waals surface area contributed by atoms with E-state index in [2.05, 4.69) is 212 Å². The quantitative estimate of drug-likeness (QED) is 0.159. The third kappa shape index (κ3) is 6.38. The molecule has 2 nitrogen and oxygen atoms in total. The lowest BCUT2D eigenvalue weighted by Gasteiger charge is -2.30.